The monoisotopic (exact) mass is 216 g/mol. The molecule has 0 atom stereocenters. The zero-order valence-corrected chi connectivity index (χ0v) is 10.2. The van der Waals surface area contributed by atoms with Gasteiger partial charge >= 0.3 is 0 Å². The maximum absolute atomic E-state index is 5.60. The van der Waals surface area contributed by atoms with Gasteiger partial charge in [0.25, 0.3) is 0 Å². The summed E-state index contributed by atoms with van der Waals surface area (Å²) in [6.07, 6.45) is 4.63. The summed E-state index contributed by atoms with van der Waals surface area (Å²) in [7, 11) is 2.17. The highest BCUT2D eigenvalue weighted by Crippen LogP contribution is 2.27. The molecule has 2 nitrogen and oxygen atoms in total. The third-order valence-electron chi connectivity index (χ3n) is 3.19. The van der Waals surface area contributed by atoms with Gasteiger partial charge in [-0.05, 0) is 43.0 Å². The largest absolute Gasteiger partial charge is 0.374 e. The van der Waals surface area contributed by atoms with Crippen LogP contribution >= 0.6 is 0 Å². The number of nitrogens with two attached hydrogens (primary N) is 1. The standard InChI is InChI=1S/C14H20N2/c1-11(10-15)8-12-5-6-14-13(9-12)4-3-7-16(14)2/h5-6,8-9H,3-4,7,10,15H2,1-2H3. The number of anilines is 1. The smallest absolute Gasteiger partial charge is 0.0396 e. The summed E-state index contributed by atoms with van der Waals surface area (Å²) in [4.78, 5) is 2.34. The molecule has 86 valence electrons. The van der Waals surface area contributed by atoms with Crippen LogP contribution in [0.5, 0.6) is 0 Å². The minimum Gasteiger partial charge on any atom is -0.374 e. The molecule has 2 N–H and O–H groups in total. The molecule has 1 aromatic carbocycles. The van der Waals surface area contributed by atoms with Gasteiger partial charge in [-0.25, -0.2) is 0 Å². The van der Waals surface area contributed by atoms with Gasteiger partial charge in [-0.3, -0.25) is 0 Å². The molecule has 0 amide bonds. The quantitative estimate of drug-likeness (QED) is 0.822. The number of benzene rings is 1. The zero-order chi connectivity index (χ0) is 11.5. The van der Waals surface area contributed by atoms with Crippen LogP contribution in [0.4, 0.5) is 5.69 Å². The molecule has 1 heterocycles. The van der Waals surface area contributed by atoms with E-state index >= 15 is 0 Å². The SMILES string of the molecule is CC(=Cc1ccc2c(c1)CCCN2C)CN. The van der Waals surface area contributed by atoms with Gasteiger partial charge in [0, 0.05) is 25.8 Å². The molecule has 1 aliphatic rings. The summed E-state index contributed by atoms with van der Waals surface area (Å²) in [6, 6.07) is 6.70. The normalized spacial score (nSPS) is 16.2. The first kappa shape index (κ1) is 11.2. The van der Waals surface area contributed by atoms with Gasteiger partial charge in [0.05, 0.1) is 0 Å². The van der Waals surface area contributed by atoms with Crippen molar-refractivity contribution < 1.29 is 0 Å². The van der Waals surface area contributed by atoms with Crippen LogP contribution in [0.15, 0.2) is 23.8 Å². The van der Waals surface area contributed by atoms with Crippen molar-refractivity contribution in [3.05, 3.63) is 34.9 Å². The molecule has 1 aliphatic heterocycles. The van der Waals surface area contributed by atoms with Gasteiger partial charge in [-0.15, -0.1) is 0 Å². The first-order valence-corrected chi connectivity index (χ1v) is 5.92. The highest BCUT2D eigenvalue weighted by molar-refractivity contribution is 5.62. The molecule has 0 spiro atoms. The Kier molecular flexibility index (Phi) is 3.30. The highest BCUT2D eigenvalue weighted by Gasteiger charge is 2.12. The van der Waals surface area contributed by atoms with Crippen LogP contribution < -0.4 is 10.6 Å². The predicted molar refractivity (Wildman–Crippen MR) is 70.7 cm³/mol. The minimum atomic E-state index is 0.636. The van der Waals surface area contributed by atoms with Crippen molar-refractivity contribution in [1.29, 1.82) is 0 Å². The number of hydrogen-bond donors (Lipinski definition) is 1. The molecule has 1 aromatic rings. The average Bonchev–Trinajstić information content (AvgIpc) is 2.29. The van der Waals surface area contributed by atoms with E-state index in [9.17, 15) is 0 Å². The third-order valence-corrected chi connectivity index (χ3v) is 3.19. The molecule has 0 bridgehead atoms. The number of rotatable bonds is 2. The van der Waals surface area contributed by atoms with Crippen LogP contribution in [0, 0.1) is 0 Å². The maximum atomic E-state index is 5.60. The van der Waals surface area contributed by atoms with E-state index < -0.39 is 0 Å². The van der Waals surface area contributed by atoms with Crippen LogP contribution in [0.2, 0.25) is 0 Å². The highest BCUT2D eigenvalue weighted by atomic mass is 15.1. The number of hydrogen-bond acceptors (Lipinski definition) is 2. The van der Waals surface area contributed by atoms with Crippen molar-refractivity contribution in [3.8, 4) is 0 Å². The average molecular weight is 216 g/mol. The molecule has 2 heteroatoms. The lowest BCUT2D eigenvalue weighted by molar-refractivity contribution is 0.744. The molecule has 0 radical (unpaired) electrons. The van der Waals surface area contributed by atoms with E-state index in [2.05, 4.69) is 43.1 Å². The Balaban J connectivity index is 2.32. The number of fused-ring (bicyclic) bond motifs is 1. The molecule has 0 unspecified atom stereocenters. The summed E-state index contributed by atoms with van der Waals surface area (Å²) in [5, 5.41) is 0. The second-order valence-corrected chi connectivity index (χ2v) is 4.61. The zero-order valence-electron chi connectivity index (χ0n) is 10.2. The Morgan fingerprint density at radius 1 is 1.50 bits per heavy atom. The van der Waals surface area contributed by atoms with Crippen LogP contribution in [0.25, 0.3) is 6.08 Å². The van der Waals surface area contributed by atoms with Crippen molar-refractivity contribution in [2.75, 3.05) is 25.0 Å². The molecule has 0 fully saturated rings. The molecular formula is C14H20N2. The van der Waals surface area contributed by atoms with Crippen LogP contribution in [-0.2, 0) is 6.42 Å². The Morgan fingerprint density at radius 3 is 3.06 bits per heavy atom. The lowest BCUT2D eigenvalue weighted by Crippen LogP contribution is -2.24. The molecule has 2 rings (SSSR count). The fourth-order valence-corrected chi connectivity index (χ4v) is 2.24. The Hall–Kier alpha value is -1.28. The number of aryl methyl sites for hydroxylation is 1. The first-order chi connectivity index (χ1) is 7.70. The number of nitrogens with zero attached hydrogens (tertiary/aromatic N) is 1. The summed E-state index contributed by atoms with van der Waals surface area (Å²) in [5.74, 6) is 0. The minimum absolute atomic E-state index is 0.636. The fraction of sp³-hybridized carbons (Fsp3) is 0.429. The van der Waals surface area contributed by atoms with Crippen LogP contribution in [0.3, 0.4) is 0 Å². The molecule has 0 saturated carbocycles. The Labute approximate surface area is 97.8 Å². The second-order valence-electron chi connectivity index (χ2n) is 4.61. The summed E-state index contributed by atoms with van der Waals surface area (Å²) >= 11 is 0. The topological polar surface area (TPSA) is 29.3 Å². The van der Waals surface area contributed by atoms with Crippen molar-refractivity contribution in [2.24, 2.45) is 5.73 Å². The van der Waals surface area contributed by atoms with Gasteiger partial charge in [-0.1, -0.05) is 17.7 Å². The lowest BCUT2D eigenvalue weighted by atomic mass is 9.99. The van der Waals surface area contributed by atoms with Crippen molar-refractivity contribution in [1.82, 2.24) is 0 Å². The van der Waals surface area contributed by atoms with Gasteiger partial charge in [0.1, 0.15) is 0 Å². The van der Waals surface area contributed by atoms with E-state index in [1.54, 1.807) is 0 Å². The first-order valence-electron chi connectivity index (χ1n) is 5.92. The second kappa shape index (κ2) is 4.71. The fourth-order valence-electron chi connectivity index (χ4n) is 2.24. The molecule has 0 aliphatic carbocycles. The van der Waals surface area contributed by atoms with E-state index in [-0.39, 0.29) is 0 Å². The molecule has 0 saturated heterocycles. The third kappa shape index (κ3) is 2.27. The van der Waals surface area contributed by atoms with Crippen molar-refractivity contribution in [2.45, 2.75) is 19.8 Å². The van der Waals surface area contributed by atoms with Gasteiger partial charge < -0.3 is 10.6 Å². The van der Waals surface area contributed by atoms with E-state index in [4.69, 9.17) is 5.73 Å². The Bertz CT molecular complexity index is 407. The van der Waals surface area contributed by atoms with Gasteiger partial charge in [-0.2, -0.15) is 0 Å². The van der Waals surface area contributed by atoms with E-state index in [0.29, 0.717) is 6.54 Å². The van der Waals surface area contributed by atoms with Gasteiger partial charge in [0.15, 0.2) is 0 Å². The molecule has 0 aromatic heterocycles. The van der Waals surface area contributed by atoms with Crippen molar-refractivity contribution in [3.63, 3.8) is 0 Å². The predicted octanol–water partition coefficient (Wildman–Crippen LogP) is 2.43. The van der Waals surface area contributed by atoms with E-state index in [1.807, 2.05) is 0 Å². The summed E-state index contributed by atoms with van der Waals surface area (Å²) in [6.45, 7) is 3.88. The molecule has 16 heavy (non-hydrogen) atoms. The Morgan fingerprint density at radius 2 is 2.31 bits per heavy atom. The van der Waals surface area contributed by atoms with Crippen LogP contribution in [-0.4, -0.2) is 20.1 Å². The lowest BCUT2D eigenvalue weighted by Gasteiger charge is -2.27. The molecular weight excluding hydrogens is 196 g/mol. The summed E-state index contributed by atoms with van der Waals surface area (Å²) < 4.78 is 0. The van der Waals surface area contributed by atoms with E-state index in [0.717, 1.165) is 0 Å². The van der Waals surface area contributed by atoms with Crippen molar-refractivity contribution >= 4 is 11.8 Å². The summed E-state index contributed by atoms with van der Waals surface area (Å²) in [5.41, 5.74) is 11.0. The van der Waals surface area contributed by atoms with E-state index in [1.165, 1.54) is 41.8 Å². The maximum Gasteiger partial charge on any atom is 0.0396 e. The van der Waals surface area contributed by atoms with Crippen LogP contribution in [0.1, 0.15) is 24.5 Å². The van der Waals surface area contributed by atoms with Gasteiger partial charge in [0.2, 0.25) is 0 Å².